The zero-order valence-electron chi connectivity index (χ0n) is 16.4. The molecule has 1 unspecified atom stereocenters. The Morgan fingerprint density at radius 2 is 2.23 bits per heavy atom. The van der Waals surface area contributed by atoms with Crippen LogP contribution >= 0.6 is 11.8 Å². The average Bonchev–Trinajstić information content (AvgIpc) is 2.63. The summed E-state index contributed by atoms with van der Waals surface area (Å²) < 4.78 is 0. The van der Waals surface area contributed by atoms with Crippen molar-refractivity contribution in [2.45, 2.75) is 45.4 Å². The number of benzene rings is 1. The fraction of sp³-hybridized carbons (Fsp3) is 0.600. The summed E-state index contributed by atoms with van der Waals surface area (Å²) in [5.74, 6) is 2.84. The van der Waals surface area contributed by atoms with Gasteiger partial charge in [0.2, 0.25) is 5.91 Å². The van der Waals surface area contributed by atoms with Crippen molar-refractivity contribution in [2.75, 3.05) is 31.2 Å². The van der Waals surface area contributed by atoms with Gasteiger partial charge in [0.05, 0.1) is 0 Å². The van der Waals surface area contributed by atoms with E-state index in [4.69, 9.17) is 0 Å². The van der Waals surface area contributed by atoms with Crippen molar-refractivity contribution >= 4 is 29.3 Å². The first kappa shape index (κ1) is 20.6. The zero-order chi connectivity index (χ0) is 18.9. The fourth-order valence-electron chi connectivity index (χ4n) is 2.99. The molecule has 1 saturated heterocycles. The predicted octanol–water partition coefficient (Wildman–Crippen LogP) is 3.57. The molecule has 1 fully saturated rings. The minimum absolute atomic E-state index is 0.0685. The molecule has 0 bridgehead atoms. The topological polar surface area (TPSA) is 56.7 Å². The van der Waals surface area contributed by atoms with Crippen LogP contribution in [0, 0.1) is 5.92 Å². The molecule has 0 aromatic heterocycles. The van der Waals surface area contributed by atoms with E-state index in [-0.39, 0.29) is 5.91 Å². The number of thioether (sulfide) groups is 1. The van der Waals surface area contributed by atoms with E-state index in [1.165, 1.54) is 0 Å². The Labute approximate surface area is 162 Å². The Morgan fingerprint density at radius 1 is 1.42 bits per heavy atom. The van der Waals surface area contributed by atoms with Crippen molar-refractivity contribution < 1.29 is 4.79 Å². The maximum Gasteiger partial charge on any atom is 0.224 e. The Bertz CT molecular complexity index is 618. The monoisotopic (exact) mass is 376 g/mol. The van der Waals surface area contributed by atoms with E-state index in [2.05, 4.69) is 52.2 Å². The van der Waals surface area contributed by atoms with Gasteiger partial charge in [-0.3, -0.25) is 9.79 Å². The van der Waals surface area contributed by atoms with Crippen molar-refractivity contribution in [3.63, 3.8) is 0 Å². The number of amides is 1. The second kappa shape index (κ2) is 10.5. The third-order valence-corrected chi connectivity index (χ3v) is 6.03. The molecule has 26 heavy (non-hydrogen) atoms. The van der Waals surface area contributed by atoms with Gasteiger partial charge in [0.25, 0.3) is 0 Å². The highest BCUT2D eigenvalue weighted by Gasteiger charge is 2.24. The third kappa shape index (κ3) is 6.24. The van der Waals surface area contributed by atoms with Gasteiger partial charge in [0.1, 0.15) is 0 Å². The van der Waals surface area contributed by atoms with Crippen molar-refractivity contribution in [2.24, 2.45) is 10.9 Å². The van der Waals surface area contributed by atoms with E-state index in [0.29, 0.717) is 24.1 Å². The minimum atomic E-state index is 0.0685. The lowest BCUT2D eigenvalue weighted by Crippen LogP contribution is -2.48. The lowest BCUT2D eigenvalue weighted by Gasteiger charge is -2.36. The van der Waals surface area contributed by atoms with Crippen LogP contribution in [0.5, 0.6) is 0 Å². The number of anilines is 1. The van der Waals surface area contributed by atoms with Crippen molar-refractivity contribution in [3.05, 3.63) is 29.8 Å². The maximum atomic E-state index is 11.8. The quantitative estimate of drug-likeness (QED) is 0.589. The molecule has 1 aliphatic rings. The van der Waals surface area contributed by atoms with Gasteiger partial charge in [0.15, 0.2) is 5.96 Å². The van der Waals surface area contributed by atoms with Crippen LogP contribution in [-0.2, 0) is 11.3 Å². The number of nitrogens with zero attached hydrogens (tertiary/aromatic N) is 2. The standard InChI is InChI=1S/C20H32N4OS/c1-5-7-19(25)23-17-9-6-8-16(12-17)13-22-20(21-4)24-10-11-26-18(14-24)15(2)3/h6,8-9,12,15,18H,5,7,10-11,13-14H2,1-4H3,(H,21,22)(H,23,25). The first-order valence-corrected chi connectivity index (χ1v) is 10.5. The Balaban J connectivity index is 1.93. The van der Waals surface area contributed by atoms with E-state index in [9.17, 15) is 4.79 Å². The number of guanidine groups is 1. The van der Waals surface area contributed by atoms with Gasteiger partial charge in [-0.05, 0) is 30.0 Å². The van der Waals surface area contributed by atoms with Crippen LogP contribution in [-0.4, -0.2) is 47.9 Å². The van der Waals surface area contributed by atoms with Crippen molar-refractivity contribution in [3.8, 4) is 0 Å². The van der Waals surface area contributed by atoms with Gasteiger partial charge in [-0.15, -0.1) is 0 Å². The van der Waals surface area contributed by atoms with Crippen LogP contribution in [0.25, 0.3) is 0 Å². The van der Waals surface area contributed by atoms with E-state index in [1.807, 2.05) is 32.2 Å². The highest BCUT2D eigenvalue weighted by Crippen LogP contribution is 2.24. The molecule has 1 aliphatic heterocycles. The summed E-state index contributed by atoms with van der Waals surface area (Å²) in [6.45, 7) is 9.34. The number of nitrogens with one attached hydrogen (secondary N) is 2. The summed E-state index contributed by atoms with van der Waals surface area (Å²) in [5.41, 5.74) is 1.99. The molecule has 1 aromatic rings. The van der Waals surface area contributed by atoms with Crippen LogP contribution in [0.1, 0.15) is 39.2 Å². The summed E-state index contributed by atoms with van der Waals surface area (Å²) in [4.78, 5) is 18.6. The lowest BCUT2D eigenvalue weighted by molar-refractivity contribution is -0.116. The second-order valence-corrected chi connectivity index (χ2v) is 8.35. The molecule has 5 nitrogen and oxygen atoms in total. The number of aliphatic imine (C=N–C) groups is 1. The van der Waals surface area contributed by atoms with Crippen molar-refractivity contribution in [1.29, 1.82) is 0 Å². The van der Waals surface area contributed by atoms with Gasteiger partial charge in [-0.25, -0.2) is 0 Å². The van der Waals surface area contributed by atoms with E-state index >= 15 is 0 Å². The molecule has 1 heterocycles. The molecular weight excluding hydrogens is 344 g/mol. The number of rotatable bonds is 6. The smallest absolute Gasteiger partial charge is 0.224 e. The predicted molar refractivity (Wildman–Crippen MR) is 113 cm³/mol. The molecule has 2 N–H and O–H groups in total. The molecule has 144 valence electrons. The summed E-state index contributed by atoms with van der Waals surface area (Å²) >= 11 is 2.06. The minimum Gasteiger partial charge on any atom is -0.352 e. The Hall–Kier alpha value is -1.69. The number of hydrogen-bond acceptors (Lipinski definition) is 3. The Kier molecular flexibility index (Phi) is 8.29. The molecule has 1 amide bonds. The van der Waals surface area contributed by atoms with Crippen LogP contribution in [0.15, 0.2) is 29.3 Å². The largest absolute Gasteiger partial charge is 0.352 e. The summed E-state index contributed by atoms with van der Waals surface area (Å²) in [5, 5.41) is 7.08. The molecule has 0 radical (unpaired) electrons. The lowest BCUT2D eigenvalue weighted by atomic mass is 10.1. The van der Waals surface area contributed by atoms with Gasteiger partial charge in [0, 0.05) is 49.8 Å². The van der Waals surface area contributed by atoms with Crippen LogP contribution in [0.2, 0.25) is 0 Å². The van der Waals surface area contributed by atoms with E-state index < -0.39 is 0 Å². The average molecular weight is 377 g/mol. The zero-order valence-corrected chi connectivity index (χ0v) is 17.2. The summed E-state index contributed by atoms with van der Waals surface area (Å²) in [6.07, 6.45) is 1.41. The van der Waals surface area contributed by atoms with Crippen LogP contribution in [0.4, 0.5) is 5.69 Å². The van der Waals surface area contributed by atoms with E-state index in [1.54, 1.807) is 0 Å². The molecule has 0 aliphatic carbocycles. The summed E-state index contributed by atoms with van der Waals surface area (Å²) in [6, 6.07) is 8.00. The number of hydrogen-bond donors (Lipinski definition) is 2. The Morgan fingerprint density at radius 3 is 2.92 bits per heavy atom. The van der Waals surface area contributed by atoms with Crippen LogP contribution < -0.4 is 10.6 Å². The highest BCUT2D eigenvalue weighted by atomic mass is 32.2. The SMILES string of the molecule is CCCC(=O)Nc1cccc(CNC(=NC)N2CCSC(C(C)C)C2)c1. The highest BCUT2D eigenvalue weighted by molar-refractivity contribution is 8.00. The van der Waals surface area contributed by atoms with E-state index in [0.717, 1.165) is 42.5 Å². The second-order valence-electron chi connectivity index (χ2n) is 7.00. The molecule has 6 heteroatoms. The summed E-state index contributed by atoms with van der Waals surface area (Å²) in [7, 11) is 1.84. The maximum absolute atomic E-state index is 11.8. The number of carbonyl (C=O) groups excluding carboxylic acids is 1. The molecule has 1 atom stereocenters. The van der Waals surface area contributed by atoms with Crippen LogP contribution in [0.3, 0.4) is 0 Å². The van der Waals surface area contributed by atoms with Crippen molar-refractivity contribution in [1.82, 2.24) is 10.2 Å². The number of carbonyl (C=O) groups is 1. The van der Waals surface area contributed by atoms with Gasteiger partial charge in [-0.2, -0.15) is 11.8 Å². The first-order valence-electron chi connectivity index (χ1n) is 9.49. The molecule has 2 rings (SSSR count). The molecule has 1 aromatic carbocycles. The normalized spacial score (nSPS) is 18.1. The third-order valence-electron chi connectivity index (χ3n) is 4.49. The fourth-order valence-corrected chi connectivity index (χ4v) is 4.29. The molecule has 0 spiro atoms. The van der Waals surface area contributed by atoms with Gasteiger partial charge in [-0.1, -0.05) is 32.9 Å². The van der Waals surface area contributed by atoms with Gasteiger partial charge >= 0.3 is 0 Å². The molecular formula is C20H32N4OS. The molecule has 0 saturated carbocycles. The van der Waals surface area contributed by atoms with Gasteiger partial charge < -0.3 is 15.5 Å². The first-order chi connectivity index (χ1) is 12.5.